The summed E-state index contributed by atoms with van der Waals surface area (Å²) in [6.45, 7) is 4.21. The molecule has 1 aromatic rings. The Morgan fingerprint density at radius 1 is 1.05 bits per heavy atom. The molecule has 1 rings (SSSR count). The van der Waals surface area contributed by atoms with Gasteiger partial charge in [0.25, 0.3) is 0 Å². The quantitative estimate of drug-likeness (QED) is 0.604. The largest absolute Gasteiger partial charge is 0.324 e. The highest BCUT2D eigenvalue weighted by Crippen LogP contribution is 2.22. The van der Waals surface area contributed by atoms with Crippen LogP contribution in [0.5, 0.6) is 0 Å². The summed E-state index contributed by atoms with van der Waals surface area (Å²) >= 11 is 0. The van der Waals surface area contributed by atoms with E-state index in [0.717, 1.165) is 18.4 Å². The van der Waals surface area contributed by atoms with E-state index in [9.17, 15) is 4.39 Å². The van der Waals surface area contributed by atoms with Crippen molar-refractivity contribution in [2.45, 2.75) is 71.3 Å². The van der Waals surface area contributed by atoms with Crippen LogP contribution in [0.3, 0.4) is 0 Å². The molecule has 0 aliphatic rings. The average Bonchev–Trinajstić information content (AvgIpc) is 2.40. The predicted molar refractivity (Wildman–Crippen MR) is 80.7 cm³/mol. The van der Waals surface area contributed by atoms with Crippen LogP contribution in [-0.4, -0.2) is 0 Å². The predicted octanol–water partition coefficient (Wildman–Crippen LogP) is 5.27. The molecule has 0 radical (unpaired) electrons. The summed E-state index contributed by atoms with van der Waals surface area (Å²) < 4.78 is 13.7. The zero-order valence-corrected chi connectivity index (χ0v) is 12.4. The van der Waals surface area contributed by atoms with Crippen LogP contribution in [0.2, 0.25) is 0 Å². The van der Waals surface area contributed by atoms with Gasteiger partial charge in [-0.3, -0.25) is 0 Å². The van der Waals surface area contributed by atoms with Crippen molar-refractivity contribution in [2.24, 2.45) is 5.73 Å². The number of rotatable bonds is 9. The average molecular weight is 265 g/mol. The molecular formula is C17H28FN. The van der Waals surface area contributed by atoms with Gasteiger partial charge in [-0.2, -0.15) is 0 Å². The molecule has 2 heteroatoms. The van der Waals surface area contributed by atoms with Crippen molar-refractivity contribution in [3.05, 3.63) is 35.1 Å². The molecule has 1 atom stereocenters. The zero-order valence-electron chi connectivity index (χ0n) is 12.4. The molecule has 0 fully saturated rings. The SMILES string of the molecule is CCCCCCCCCC(N)c1cc(C)ccc1F. The molecule has 0 aliphatic carbocycles. The first-order valence-corrected chi connectivity index (χ1v) is 7.66. The van der Waals surface area contributed by atoms with Gasteiger partial charge in [-0.15, -0.1) is 0 Å². The third kappa shape index (κ3) is 6.20. The number of nitrogens with two attached hydrogens (primary N) is 1. The van der Waals surface area contributed by atoms with Crippen molar-refractivity contribution >= 4 is 0 Å². The van der Waals surface area contributed by atoms with Crippen LogP contribution in [0, 0.1) is 12.7 Å². The summed E-state index contributed by atoms with van der Waals surface area (Å²) in [5.74, 6) is -0.166. The van der Waals surface area contributed by atoms with Gasteiger partial charge in [-0.25, -0.2) is 4.39 Å². The Hall–Kier alpha value is -0.890. The van der Waals surface area contributed by atoms with Crippen molar-refractivity contribution in [1.82, 2.24) is 0 Å². The van der Waals surface area contributed by atoms with Crippen LogP contribution >= 0.6 is 0 Å². The molecule has 0 saturated carbocycles. The highest BCUT2D eigenvalue weighted by molar-refractivity contribution is 5.26. The number of hydrogen-bond acceptors (Lipinski definition) is 1. The van der Waals surface area contributed by atoms with E-state index in [-0.39, 0.29) is 11.9 Å². The lowest BCUT2D eigenvalue weighted by Gasteiger charge is -2.13. The lowest BCUT2D eigenvalue weighted by Crippen LogP contribution is -2.12. The fourth-order valence-electron chi connectivity index (χ4n) is 2.42. The number of hydrogen-bond donors (Lipinski definition) is 1. The minimum Gasteiger partial charge on any atom is -0.324 e. The van der Waals surface area contributed by atoms with Crippen LogP contribution < -0.4 is 5.73 Å². The van der Waals surface area contributed by atoms with E-state index in [1.165, 1.54) is 44.6 Å². The molecule has 0 spiro atoms. The van der Waals surface area contributed by atoms with Crippen molar-refractivity contribution < 1.29 is 4.39 Å². The van der Waals surface area contributed by atoms with E-state index in [0.29, 0.717) is 5.56 Å². The summed E-state index contributed by atoms with van der Waals surface area (Å²) in [7, 11) is 0. The molecule has 0 saturated heterocycles. The fraction of sp³-hybridized carbons (Fsp3) is 0.647. The molecule has 19 heavy (non-hydrogen) atoms. The van der Waals surface area contributed by atoms with Crippen molar-refractivity contribution in [3.8, 4) is 0 Å². The molecule has 0 aromatic heterocycles. The monoisotopic (exact) mass is 265 g/mol. The molecule has 0 aliphatic heterocycles. The molecule has 1 unspecified atom stereocenters. The molecule has 0 heterocycles. The zero-order chi connectivity index (χ0) is 14.1. The summed E-state index contributed by atoms with van der Waals surface area (Å²) in [4.78, 5) is 0. The minimum absolute atomic E-state index is 0.157. The van der Waals surface area contributed by atoms with Gasteiger partial charge in [-0.05, 0) is 19.4 Å². The second-order valence-electron chi connectivity index (χ2n) is 5.54. The van der Waals surface area contributed by atoms with Gasteiger partial charge in [0.1, 0.15) is 5.82 Å². The van der Waals surface area contributed by atoms with Gasteiger partial charge >= 0.3 is 0 Å². The van der Waals surface area contributed by atoms with Gasteiger partial charge in [0.2, 0.25) is 0 Å². The summed E-state index contributed by atoms with van der Waals surface area (Å²) in [6.07, 6.45) is 9.77. The third-order valence-electron chi connectivity index (χ3n) is 3.67. The van der Waals surface area contributed by atoms with Crippen molar-refractivity contribution in [1.29, 1.82) is 0 Å². The second kappa shape index (κ2) is 9.08. The van der Waals surface area contributed by atoms with E-state index < -0.39 is 0 Å². The Kier molecular flexibility index (Phi) is 7.73. The van der Waals surface area contributed by atoms with Crippen LogP contribution in [0.25, 0.3) is 0 Å². The van der Waals surface area contributed by atoms with Gasteiger partial charge in [-0.1, -0.05) is 69.6 Å². The number of aryl methyl sites for hydroxylation is 1. The van der Waals surface area contributed by atoms with E-state index in [1.807, 2.05) is 13.0 Å². The van der Waals surface area contributed by atoms with Gasteiger partial charge < -0.3 is 5.73 Å². The summed E-state index contributed by atoms with van der Waals surface area (Å²) in [5, 5.41) is 0. The van der Waals surface area contributed by atoms with Crippen LogP contribution in [0.4, 0.5) is 4.39 Å². The Morgan fingerprint density at radius 3 is 2.37 bits per heavy atom. The first-order chi connectivity index (χ1) is 9.15. The van der Waals surface area contributed by atoms with Crippen molar-refractivity contribution in [2.75, 3.05) is 0 Å². The fourth-order valence-corrected chi connectivity index (χ4v) is 2.42. The van der Waals surface area contributed by atoms with Gasteiger partial charge in [0.15, 0.2) is 0 Å². The summed E-state index contributed by atoms with van der Waals surface area (Å²) in [6, 6.07) is 5.03. The Balaban J connectivity index is 2.23. The molecular weight excluding hydrogens is 237 g/mol. The molecule has 0 amide bonds. The van der Waals surface area contributed by atoms with Crippen LogP contribution in [0.1, 0.15) is 75.5 Å². The maximum atomic E-state index is 13.7. The first-order valence-electron chi connectivity index (χ1n) is 7.66. The standard InChI is InChI=1S/C17H28FN/c1-3-4-5-6-7-8-9-10-17(19)15-13-14(2)11-12-16(15)18/h11-13,17H,3-10,19H2,1-2H3. The lowest BCUT2D eigenvalue weighted by atomic mass is 9.98. The van der Waals surface area contributed by atoms with E-state index in [2.05, 4.69) is 6.92 Å². The smallest absolute Gasteiger partial charge is 0.127 e. The Bertz CT molecular complexity index is 362. The van der Waals surface area contributed by atoms with E-state index in [4.69, 9.17) is 5.73 Å². The molecule has 1 aromatic carbocycles. The van der Waals surface area contributed by atoms with Gasteiger partial charge in [0, 0.05) is 11.6 Å². The molecule has 0 bridgehead atoms. The number of unbranched alkanes of at least 4 members (excludes halogenated alkanes) is 6. The maximum absolute atomic E-state index is 13.7. The molecule has 1 nitrogen and oxygen atoms in total. The Morgan fingerprint density at radius 2 is 1.68 bits per heavy atom. The topological polar surface area (TPSA) is 26.0 Å². The third-order valence-corrected chi connectivity index (χ3v) is 3.67. The molecule has 108 valence electrons. The lowest BCUT2D eigenvalue weighted by molar-refractivity contribution is 0.520. The van der Waals surface area contributed by atoms with E-state index in [1.54, 1.807) is 6.07 Å². The van der Waals surface area contributed by atoms with E-state index >= 15 is 0 Å². The first kappa shape index (κ1) is 16.2. The highest BCUT2D eigenvalue weighted by atomic mass is 19.1. The minimum atomic E-state index is -0.166. The normalized spacial score (nSPS) is 12.6. The van der Waals surface area contributed by atoms with Crippen LogP contribution in [0.15, 0.2) is 18.2 Å². The highest BCUT2D eigenvalue weighted by Gasteiger charge is 2.11. The Labute approximate surface area is 117 Å². The summed E-state index contributed by atoms with van der Waals surface area (Å²) in [5.41, 5.74) is 7.83. The van der Waals surface area contributed by atoms with Crippen LogP contribution in [-0.2, 0) is 0 Å². The maximum Gasteiger partial charge on any atom is 0.127 e. The van der Waals surface area contributed by atoms with Gasteiger partial charge in [0.05, 0.1) is 0 Å². The number of halogens is 1. The number of benzene rings is 1. The van der Waals surface area contributed by atoms with Crippen molar-refractivity contribution in [3.63, 3.8) is 0 Å². The molecule has 2 N–H and O–H groups in total. The second-order valence-corrected chi connectivity index (χ2v) is 5.54.